The fourth-order valence-electron chi connectivity index (χ4n) is 0.894. The van der Waals surface area contributed by atoms with E-state index in [2.05, 4.69) is 0 Å². The van der Waals surface area contributed by atoms with Crippen LogP contribution in [0, 0.1) is 0 Å². The number of carbonyl (C=O) groups excluding carboxylic acids is 1. The molecule has 0 aliphatic rings. The van der Waals surface area contributed by atoms with Gasteiger partial charge in [-0.3, -0.25) is 0 Å². The predicted octanol–water partition coefficient (Wildman–Crippen LogP) is 0.850. The van der Waals surface area contributed by atoms with E-state index < -0.39 is 18.7 Å². The highest BCUT2D eigenvalue weighted by atomic mass is 35.5. The third kappa shape index (κ3) is 3.87. The third-order valence-corrected chi connectivity index (χ3v) is 1.95. The lowest BCUT2D eigenvalue weighted by atomic mass is 10.2. The zero-order chi connectivity index (χ0) is 11.3. The first-order valence-electron chi connectivity index (χ1n) is 4.35. The highest BCUT2D eigenvalue weighted by Gasteiger charge is 2.09. The van der Waals surface area contributed by atoms with Gasteiger partial charge in [-0.1, -0.05) is 11.6 Å². The van der Waals surface area contributed by atoms with Crippen molar-refractivity contribution in [3.63, 3.8) is 0 Å². The van der Waals surface area contributed by atoms with Gasteiger partial charge in [0.2, 0.25) is 0 Å². The molecule has 1 unspecified atom stereocenters. The molecule has 15 heavy (non-hydrogen) atoms. The van der Waals surface area contributed by atoms with E-state index in [1.54, 1.807) is 12.1 Å². The van der Waals surface area contributed by atoms with Crippen LogP contribution >= 0.6 is 11.6 Å². The smallest absolute Gasteiger partial charge is 0.338 e. The van der Waals surface area contributed by atoms with Gasteiger partial charge in [0.25, 0.3) is 0 Å². The zero-order valence-corrected chi connectivity index (χ0v) is 8.65. The summed E-state index contributed by atoms with van der Waals surface area (Å²) >= 11 is 5.64. The molecule has 0 heterocycles. The lowest BCUT2D eigenvalue weighted by Crippen LogP contribution is -2.21. The SMILES string of the molecule is O=C(OCC(O)CO)c1ccc(Cl)cc1. The Hall–Kier alpha value is -1.10. The van der Waals surface area contributed by atoms with Crippen LogP contribution in [0.2, 0.25) is 5.02 Å². The Labute approximate surface area is 92.1 Å². The minimum absolute atomic E-state index is 0.224. The molecule has 1 rings (SSSR count). The normalized spacial score (nSPS) is 12.2. The van der Waals surface area contributed by atoms with E-state index in [0.717, 1.165) is 0 Å². The van der Waals surface area contributed by atoms with Gasteiger partial charge in [-0.2, -0.15) is 0 Å². The van der Waals surface area contributed by atoms with Gasteiger partial charge in [-0.25, -0.2) is 4.79 Å². The average Bonchev–Trinajstić information content (AvgIpc) is 2.26. The molecular formula is C10H11ClO4. The van der Waals surface area contributed by atoms with Crippen molar-refractivity contribution in [1.82, 2.24) is 0 Å². The number of hydrogen-bond donors (Lipinski definition) is 2. The van der Waals surface area contributed by atoms with Gasteiger partial charge in [-0.05, 0) is 24.3 Å². The molecule has 1 atom stereocenters. The monoisotopic (exact) mass is 230 g/mol. The van der Waals surface area contributed by atoms with Crippen LogP contribution < -0.4 is 0 Å². The molecule has 1 aromatic carbocycles. The fraction of sp³-hybridized carbons (Fsp3) is 0.300. The molecule has 0 aliphatic heterocycles. The summed E-state index contributed by atoms with van der Waals surface area (Å²) in [7, 11) is 0. The maximum absolute atomic E-state index is 11.3. The highest BCUT2D eigenvalue weighted by molar-refractivity contribution is 6.30. The summed E-state index contributed by atoms with van der Waals surface area (Å²) in [4.78, 5) is 11.3. The summed E-state index contributed by atoms with van der Waals surface area (Å²) in [6.07, 6.45) is -1.04. The summed E-state index contributed by atoms with van der Waals surface area (Å²) < 4.78 is 4.73. The van der Waals surface area contributed by atoms with Crippen molar-refractivity contribution in [2.75, 3.05) is 13.2 Å². The Morgan fingerprint density at radius 2 is 2.00 bits per heavy atom. The third-order valence-electron chi connectivity index (χ3n) is 1.70. The Morgan fingerprint density at radius 3 is 2.53 bits per heavy atom. The number of ether oxygens (including phenoxy) is 1. The number of halogens is 1. The molecule has 0 radical (unpaired) electrons. The molecule has 0 saturated heterocycles. The molecular weight excluding hydrogens is 220 g/mol. The lowest BCUT2D eigenvalue weighted by Gasteiger charge is -2.08. The van der Waals surface area contributed by atoms with E-state index in [0.29, 0.717) is 10.6 Å². The van der Waals surface area contributed by atoms with Gasteiger partial charge in [0, 0.05) is 5.02 Å². The second-order valence-corrected chi connectivity index (χ2v) is 3.38. The summed E-state index contributed by atoms with van der Waals surface area (Å²) in [6, 6.07) is 6.19. The Balaban J connectivity index is 2.50. The molecule has 0 spiro atoms. The molecule has 0 aliphatic carbocycles. The molecule has 0 amide bonds. The average molecular weight is 231 g/mol. The van der Waals surface area contributed by atoms with E-state index in [-0.39, 0.29) is 6.61 Å². The van der Waals surface area contributed by atoms with Crippen LogP contribution in [-0.4, -0.2) is 35.5 Å². The summed E-state index contributed by atoms with van der Waals surface area (Å²) in [6.45, 7) is -0.661. The lowest BCUT2D eigenvalue weighted by molar-refractivity contribution is 0.00933. The maximum atomic E-state index is 11.3. The Kier molecular flexibility index (Phi) is 4.55. The molecule has 0 aromatic heterocycles. The van der Waals surface area contributed by atoms with Crippen LogP contribution in [0.25, 0.3) is 0 Å². The zero-order valence-electron chi connectivity index (χ0n) is 7.89. The largest absolute Gasteiger partial charge is 0.459 e. The van der Waals surface area contributed by atoms with Crippen LogP contribution in [0.4, 0.5) is 0 Å². The number of aliphatic hydroxyl groups excluding tert-OH is 2. The van der Waals surface area contributed by atoms with E-state index in [1.165, 1.54) is 12.1 Å². The second-order valence-electron chi connectivity index (χ2n) is 2.94. The molecule has 1 aromatic rings. The minimum Gasteiger partial charge on any atom is -0.459 e. The van der Waals surface area contributed by atoms with E-state index in [9.17, 15) is 4.79 Å². The van der Waals surface area contributed by atoms with Crippen LogP contribution in [-0.2, 0) is 4.74 Å². The quantitative estimate of drug-likeness (QED) is 0.753. The Morgan fingerprint density at radius 1 is 1.40 bits per heavy atom. The predicted molar refractivity (Wildman–Crippen MR) is 54.8 cm³/mol. The van der Waals surface area contributed by atoms with Crippen LogP contribution in [0.15, 0.2) is 24.3 Å². The summed E-state index contributed by atoms with van der Waals surface area (Å²) in [5.74, 6) is -0.556. The molecule has 0 saturated carbocycles. The fourth-order valence-corrected chi connectivity index (χ4v) is 1.02. The van der Waals surface area contributed by atoms with Crippen molar-refractivity contribution in [3.8, 4) is 0 Å². The van der Waals surface area contributed by atoms with Gasteiger partial charge in [-0.15, -0.1) is 0 Å². The number of benzene rings is 1. The van der Waals surface area contributed by atoms with Crippen LogP contribution in [0.5, 0.6) is 0 Å². The van der Waals surface area contributed by atoms with E-state index in [1.807, 2.05) is 0 Å². The van der Waals surface area contributed by atoms with Crippen molar-refractivity contribution in [3.05, 3.63) is 34.9 Å². The molecule has 0 bridgehead atoms. The second kappa shape index (κ2) is 5.70. The number of rotatable bonds is 4. The van der Waals surface area contributed by atoms with Crippen molar-refractivity contribution in [1.29, 1.82) is 0 Å². The van der Waals surface area contributed by atoms with Gasteiger partial charge in [0.1, 0.15) is 12.7 Å². The number of carbonyl (C=O) groups is 1. The summed E-state index contributed by atoms with van der Waals surface area (Å²) in [5.41, 5.74) is 0.351. The van der Waals surface area contributed by atoms with Gasteiger partial charge in [0.05, 0.1) is 12.2 Å². The first-order valence-corrected chi connectivity index (χ1v) is 4.73. The van der Waals surface area contributed by atoms with Crippen molar-refractivity contribution in [2.45, 2.75) is 6.10 Å². The molecule has 82 valence electrons. The molecule has 4 nitrogen and oxygen atoms in total. The first-order chi connectivity index (χ1) is 7.13. The van der Waals surface area contributed by atoms with Crippen molar-refractivity contribution < 1.29 is 19.7 Å². The standard InChI is InChI=1S/C10H11ClO4/c11-8-3-1-7(2-4-8)10(14)15-6-9(13)5-12/h1-4,9,12-13H,5-6H2. The first kappa shape index (κ1) is 12.0. The number of hydrogen-bond acceptors (Lipinski definition) is 4. The van der Waals surface area contributed by atoms with E-state index >= 15 is 0 Å². The Bertz CT molecular complexity index is 323. The highest BCUT2D eigenvalue weighted by Crippen LogP contribution is 2.10. The van der Waals surface area contributed by atoms with Crippen molar-refractivity contribution >= 4 is 17.6 Å². The minimum atomic E-state index is -1.04. The van der Waals surface area contributed by atoms with Gasteiger partial charge < -0.3 is 14.9 Å². The summed E-state index contributed by atoms with van der Waals surface area (Å²) in [5, 5.41) is 18.0. The number of aliphatic hydroxyl groups is 2. The van der Waals surface area contributed by atoms with Gasteiger partial charge >= 0.3 is 5.97 Å². The van der Waals surface area contributed by atoms with E-state index in [4.69, 9.17) is 26.6 Å². The maximum Gasteiger partial charge on any atom is 0.338 e. The van der Waals surface area contributed by atoms with Gasteiger partial charge in [0.15, 0.2) is 0 Å². The molecule has 2 N–H and O–H groups in total. The number of esters is 1. The van der Waals surface area contributed by atoms with Crippen LogP contribution in [0.3, 0.4) is 0 Å². The molecule has 5 heteroatoms. The van der Waals surface area contributed by atoms with Crippen molar-refractivity contribution in [2.24, 2.45) is 0 Å². The topological polar surface area (TPSA) is 66.8 Å². The van der Waals surface area contributed by atoms with Crippen LogP contribution in [0.1, 0.15) is 10.4 Å². The molecule has 0 fully saturated rings.